The van der Waals surface area contributed by atoms with E-state index in [1.807, 2.05) is 54.6 Å². The van der Waals surface area contributed by atoms with Crippen molar-refractivity contribution >= 4 is 0 Å². The second-order valence-corrected chi connectivity index (χ2v) is 9.66. The van der Waals surface area contributed by atoms with Crippen LogP contribution in [0.4, 0.5) is 0 Å². The standard InChI is InChI=1S/C39H40O8/c1-5-18-40-22-26-44-33-14-16-35(37(30-33)46-28-24-42-20-7-3)39(32-12-10-9-11-13-32)36-17-15-34(45-27-23-41-19-6-2)31-38(36)47-29-25-43-21-8-4/h1-4,9-17,30-31,39H,18-29H2. The van der Waals surface area contributed by atoms with Crippen molar-refractivity contribution in [2.45, 2.75) is 5.92 Å². The Kier molecular flexibility index (Phi) is 17.4. The van der Waals surface area contributed by atoms with Crippen LogP contribution in [0, 0.1) is 49.4 Å². The first-order valence-corrected chi connectivity index (χ1v) is 15.1. The maximum Gasteiger partial charge on any atom is 0.127 e. The SMILES string of the molecule is C#CCOCCOc1ccc(C(c2ccccc2)c2ccc(OCCOCC#C)cc2OCCOCC#C)c(OCCOCC#C)c1. The largest absolute Gasteiger partial charge is 0.491 e. The van der Waals surface area contributed by atoms with Crippen LogP contribution in [0.25, 0.3) is 0 Å². The number of rotatable bonds is 23. The summed E-state index contributed by atoms with van der Waals surface area (Å²) in [4.78, 5) is 0. The molecule has 0 saturated carbocycles. The molecule has 0 saturated heterocycles. The molecule has 0 fully saturated rings. The average Bonchev–Trinajstić information content (AvgIpc) is 3.10. The molecule has 244 valence electrons. The molecule has 47 heavy (non-hydrogen) atoms. The third kappa shape index (κ3) is 13.1. The second kappa shape index (κ2) is 22.4. The molecule has 0 bridgehead atoms. The number of hydrogen-bond donors (Lipinski definition) is 0. The zero-order valence-corrected chi connectivity index (χ0v) is 26.5. The summed E-state index contributed by atoms with van der Waals surface area (Å²) in [5.74, 6) is 12.0. The predicted octanol–water partition coefficient (Wildman–Crippen LogP) is 4.98. The fourth-order valence-electron chi connectivity index (χ4n) is 4.49. The fourth-order valence-corrected chi connectivity index (χ4v) is 4.49. The van der Waals surface area contributed by atoms with E-state index in [1.54, 1.807) is 0 Å². The predicted molar refractivity (Wildman–Crippen MR) is 181 cm³/mol. The molecule has 8 heteroatoms. The van der Waals surface area contributed by atoms with Crippen molar-refractivity contribution in [2.24, 2.45) is 0 Å². The minimum atomic E-state index is -0.305. The molecule has 0 atom stereocenters. The Morgan fingerprint density at radius 1 is 0.447 bits per heavy atom. The Balaban J connectivity index is 2.01. The van der Waals surface area contributed by atoms with Crippen LogP contribution in [-0.4, -0.2) is 79.3 Å². The zero-order chi connectivity index (χ0) is 33.4. The molecule has 3 aromatic carbocycles. The van der Waals surface area contributed by atoms with E-state index in [0.717, 1.165) is 16.7 Å². The van der Waals surface area contributed by atoms with Gasteiger partial charge in [0.15, 0.2) is 0 Å². The first-order valence-electron chi connectivity index (χ1n) is 15.1. The van der Waals surface area contributed by atoms with E-state index in [0.29, 0.717) is 62.6 Å². The van der Waals surface area contributed by atoms with Crippen molar-refractivity contribution < 1.29 is 37.9 Å². The second-order valence-electron chi connectivity index (χ2n) is 9.66. The Bertz CT molecular complexity index is 1410. The summed E-state index contributed by atoms with van der Waals surface area (Å²) in [5, 5.41) is 0. The third-order valence-corrected chi connectivity index (χ3v) is 6.43. The summed E-state index contributed by atoms with van der Waals surface area (Å²) < 4.78 is 46.1. The summed E-state index contributed by atoms with van der Waals surface area (Å²) in [5.41, 5.74) is 2.78. The Labute approximate surface area is 278 Å². The molecule has 0 radical (unpaired) electrons. The lowest BCUT2D eigenvalue weighted by molar-refractivity contribution is 0.120. The molecule has 0 heterocycles. The van der Waals surface area contributed by atoms with Gasteiger partial charge in [-0.05, 0) is 17.7 Å². The summed E-state index contributed by atoms with van der Waals surface area (Å²) in [6.07, 6.45) is 21.2. The van der Waals surface area contributed by atoms with E-state index in [-0.39, 0.29) is 45.6 Å². The lowest BCUT2D eigenvalue weighted by Crippen LogP contribution is -2.14. The number of benzene rings is 3. The number of ether oxygens (including phenoxy) is 8. The molecule has 8 nitrogen and oxygen atoms in total. The Hall–Kier alpha value is -5.06. The number of terminal acetylenes is 4. The summed E-state index contributed by atoms with van der Waals surface area (Å²) >= 11 is 0. The molecule has 0 aliphatic carbocycles. The van der Waals surface area contributed by atoms with Gasteiger partial charge in [0.1, 0.15) is 75.9 Å². The van der Waals surface area contributed by atoms with E-state index in [9.17, 15) is 0 Å². The van der Waals surface area contributed by atoms with E-state index in [4.69, 9.17) is 63.6 Å². The van der Waals surface area contributed by atoms with Crippen LogP contribution in [-0.2, 0) is 18.9 Å². The van der Waals surface area contributed by atoms with Crippen molar-refractivity contribution in [3.05, 3.63) is 83.4 Å². The average molecular weight is 637 g/mol. The van der Waals surface area contributed by atoms with E-state index in [1.165, 1.54) is 0 Å². The summed E-state index contributed by atoms with van der Waals surface area (Å²) in [6.45, 7) is 3.35. The molecule has 0 unspecified atom stereocenters. The van der Waals surface area contributed by atoms with Gasteiger partial charge in [-0.1, -0.05) is 66.1 Å². The number of hydrogen-bond acceptors (Lipinski definition) is 8. The van der Waals surface area contributed by atoms with Crippen molar-refractivity contribution in [1.82, 2.24) is 0 Å². The molecule has 0 amide bonds. The van der Waals surface area contributed by atoms with Gasteiger partial charge < -0.3 is 37.9 Å². The van der Waals surface area contributed by atoms with Gasteiger partial charge in [-0.15, -0.1) is 25.7 Å². The van der Waals surface area contributed by atoms with Gasteiger partial charge in [0.05, 0.1) is 26.4 Å². The zero-order valence-electron chi connectivity index (χ0n) is 26.5. The van der Waals surface area contributed by atoms with Gasteiger partial charge in [0.25, 0.3) is 0 Å². The van der Waals surface area contributed by atoms with Crippen LogP contribution in [0.1, 0.15) is 22.6 Å². The lowest BCUT2D eigenvalue weighted by Gasteiger charge is -2.25. The van der Waals surface area contributed by atoms with Crippen molar-refractivity contribution in [3.8, 4) is 72.4 Å². The molecule has 0 aliphatic heterocycles. The lowest BCUT2D eigenvalue weighted by atomic mass is 9.84. The highest BCUT2D eigenvalue weighted by atomic mass is 16.5. The molecule has 0 aliphatic rings. The minimum absolute atomic E-state index is 0.194. The molecular weight excluding hydrogens is 596 g/mol. The highest BCUT2D eigenvalue weighted by molar-refractivity contribution is 5.56. The summed E-state index contributed by atoms with van der Waals surface area (Å²) in [6, 6.07) is 21.6. The maximum absolute atomic E-state index is 6.30. The highest BCUT2D eigenvalue weighted by Gasteiger charge is 2.25. The van der Waals surface area contributed by atoms with Crippen LogP contribution in [0.3, 0.4) is 0 Å². The van der Waals surface area contributed by atoms with Crippen LogP contribution in [0.5, 0.6) is 23.0 Å². The molecule has 0 aromatic heterocycles. The normalized spacial score (nSPS) is 10.3. The molecule has 3 rings (SSSR count). The van der Waals surface area contributed by atoms with Gasteiger partial charge in [-0.3, -0.25) is 0 Å². The molecule has 3 aromatic rings. The van der Waals surface area contributed by atoms with E-state index >= 15 is 0 Å². The van der Waals surface area contributed by atoms with Crippen LogP contribution < -0.4 is 18.9 Å². The van der Waals surface area contributed by atoms with Crippen molar-refractivity contribution in [1.29, 1.82) is 0 Å². The topological polar surface area (TPSA) is 73.8 Å². The van der Waals surface area contributed by atoms with Gasteiger partial charge in [-0.25, -0.2) is 0 Å². The molecule has 0 spiro atoms. The van der Waals surface area contributed by atoms with Crippen molar-refractivity contribution in [2.75, 3.05) is 79.3 Å². The first-order chi connectivity index (χ1) is 23.2. The maximum atomic E-state index is 6.30. The smallest absolute Gasteiger partial charge is 0.127 e. The monoisotopic (exact) mass is 636 g/mol. The quantitative estimate of drug-likeness (QED) is 0.0820. The van der Waals surface area contributed by atoms with Crippen LogP contribution in [0.15, 0.2) is 66.7 Å². The van der Waals surface area contributed by atoms with Gasteiger partial charge >= 0.3 is 0 Å². The minimum Gasteiger partial charge on any atom is -0.491 e. The van der Waals surface area contributed by atoms with E-state index in [2.05, 4.69) is 35.8 Å². The summed E-state index contributed by atoms with van der Waals surface area (Å²) in [7, 11) is 0. The molecular formula is C39H40O8. The van der Waals surface area contributed by atoms with Gasteiger partial charge in [0, 0.05) is 29.2 Å². The van der Waals surface area contributed by atoms with Gasteiger partial charge in [-0.2, -0.15) is 0 Å². The van der Waals surface area contributed by atoms with Gasteiger partial charge in [0.2, 0.25) is 0 Å². The first kappa shape index (κ1) is 36.4. The van der Waals surface area contributed by atoms with Crippen molar-refractivity contribution in [3.63, 3.8) is 0 Å². The van der Waals surface area contributed by atoms with Crippen LogP contribution in [0.2, 0.25) is 0 Å². The Morgan fingerprint density at radius 3 is 1.21 bits per heavy atom. The third-order valence-electron chi connectivity index (χ3n) is 6.43. The highest BCUT2D eigenvalue weighted by Crippen LogP contribution is 2.43. The fraction of sp³-hybridized carbons (Fsp3) is 0.333. The van der Waals surface area contributed by atoms with Crippen LogP contribution >= 0.6 is 0 Å². The Morgan fingerprint density at radius 2 is 0.830 bits per heavy atom. The van der Waals surface area contributed by atoms with E-state index < -0.39 is 0 Å². The molecule has 0 N–H and O–H groups in total.